The summed E-state index contributed by atoms with van der Waals surface area (Å²) in [7, 11) is -0.723. The highest BCUT2D eigenvalue weighted by Crippen LogP contribution is 2.42. The van der Waals surface area contributed by atoms with Gasteiger partial charge >= 0.3 is 5.97 Å². The average molecular weight is 482 g/mol. The lowest BCUT2D eigenvalue weighted by molar-refractivity contribution is -0.152. The van der Waals surface area contributed by atoms with E-state index in [4.69, 9.17) is 9.16 Å². The lowest BCUT2D eigenvalue weighted by atomic mass is 9.90. The number of nitrogens with zero attached hydrogens (tertiary/aromatic N) is 1. The van der Waals surface area contributed by atoms with Crippen molar-refractivity contribution in [3.8, 4) is 0 Å². The summed E-state index contributed by atoms with van der Waals surface area (Å²) in [4.78, 5) is 28.1. The van der Waals surface area contributed by atoms with Gasteiger partial charge in [0.05, 0.1) is 18.8 Å². The zero-order chi connectivity index (χ0) is 22.0. The van der Waals surface area contributed by atoms with E-state index in [1.54, 1.807) is 17.0 Å². The molecule has 1 aromatic rings. The van der Waals surface area contributed by atoms with Crippen molar-refractivity contribution < 1.29 is 18.8 Å². The van der Waals surface area contributed by atoms with E-state index in [0.29, 0.717) is 29.4 Å². The topological polar surface area (TPSA) is 55.8 Å². The molecule has 0 spiro atoms. The summed E-state index contributed by atoms with van der Waals surface area (Å²) in [6.07, 6.45) is 2.15. The highest BCUT2D eigenvalue weighted by molar-refractivity contribution is 9.10. The zero-order valence-electron chi connectivity index (χ0n) is 18.3. The molecule has 1 fully saturated rings. The number of carbonyl (C=O) groups is 2. The van der Waals surface area contributed by atoms with Gasteiger partial charge in [-0.2, -0.15) is 0 Å². The monoisotopic (exact) mass is 481 g/mol. The van der Waals surface area contributed by atoms with E-state index in [2.05, 4.69) is 56.4 Å². The summed E-state index contributed by atoms with van der Waals surface area (Å²) >= 11 is 3.46. The molecule has 0 N–H and O–H groups in total. The Labute approximate surface area is 183 Å². The number of hydrogen-bond acceptors (Lipinski definition) is 4. The van der Waals surface area contributed by atoms with Gasteiger partial charge in [0.2, 0.25) is 0 Å². The Bertz CT molecular complexity index is 789. The van der Waals surface area contributed by atoms with Crippen molar-refractivity contribution in [2.24, 2.45) is 0 Å². The van der Waals surface area contributed by atoms with Gasteiger partial charge in [0.1, 0.15) is 5.54 Å². The summed E-state index contributed by atoms with van der Waals surface area (Å²) in [6.45, 7) is 15.1. The van der Waals surface area contributed by atoms with Gasteiger partial charge in [0.15, 0.2) is 8.32 Å². The predicted octanol–water partition coefficient (Wildman–Crippen LogP) is 5.17. The number of likely N-dealkylation sites (tertiary alicyclic amines) is 1. The number of halogens is 1. The largest absolute Gasteiger partial charge is 0.467 e. The summed E-state index contributed by atoms with van der Waals surface area (Å²) in [5.74, 6) is -0.648. The molecule has 1 heterocycles. The van der Waals surface area contributed by atoms with Gasteiger partial charge in [-0.25, -0.2) is 4.79 Å². The first-order valence-corrected chi connectivity index (χ1v) is 13.5. The SMILES string of the molecule is C=CC[C@@]1(C(=O)OC)C[C@@H](O[Si](C)(C)C(C)(C)C)CN1C(=O)c1ccccc1Br. The van der Waals surface area contributed by atoms with E-state index in [1.807, 2.05) is 18.2 Å². The molecule has 2 atom stereocenters. The minimum absolute atomic E-state index is 0.0270. The summed E-state index contributed by atoms with van der Waals surface area (Å²) in [6, 6.07) is 7.24. The third kappa shape index (κ3) is 4.67. The van der Waals surface area contributed by atoms with Crippen LogP contribution in [0.4, 0.5) is 0 Å². The second-order valence-electron chi connectivity index (χ2n) is 9.12. The van der Waals surface area contributed by atoms with Crippen molar-refractivity contribution in [2.75, 3.05) is 13.7 Å². The highest BCUT2D eigenvalue weighted by atomic mass is 79.9. The van der Waals surface area contributed by atoms with Crippen molar-refractivity contribution in [1.29, 1.82) is 0 Å². The van der Waals surface area contributed by atoms with Crippen LogP contribution >= 0.6 is 15.9 Å². The molecule has 0 radical (unpaired) electrons. The minimum Gasteiger partial charge on any atom is -0.467 e. The Hall–Kier alpha value is -1.44. The first-order chi connectivity index (χ1) is 13.4. The van der Waals surface area contributed by atoms with E-state index in [1.165, 1.54) is 7.11 Å². The second-order valence-corrected chi connectivity index (χ2v) is 14.7. The first kappa shape index (κ1) is 23.8. The second kappa shape index (κ2) is 8.74. The Morgan fingerprint density at radius 2 is 1.97 bits per heavy atom. The van der Waals surface area contributed by atoms with Crippen molar-refractivity contribution in [2.45, 2.75) is 63.4 Å². The molecule has 0 aromatic heterocycles. The molecule has 0 unspecified atom stereocenters. The van der Waals surface area contributed by atoms with Crippen LogP contribution < -0.4 is 0 Å². The summed E-state index contributed by atoms with van der Waals surface area (Å²) in [5.41, 5.74) is -0.603. The van der Waals surface area contributed by atoms with Crippen LogP contribution in [0.25, 0.3) is 0 Å². The zero-order valence-corrected chi connectivity index (χ0v) is 20.8. The molecule has 0 saturated carbocycles. The number of ether oxygens (including phenoxy) is 1. The van der Waals surface area contributed by atoms with Gasteiger partial charge in [-0.3, -0.25) is 4.79 Å². The quantitative estimate of drug-likeness (QED) is 0.319. The third-order valence-electron chi connectivity index (χ3n) is 6.13. The third-order valence-corrected chi connectivity index (χ3v) is 11.4. The maximum Gasteiger partial charge on any atom is 0.332 e. The maximum absolute atomic E-state index is 13.5. The smallest absolute Gasteiger partial charge is 0.332 e. The lowest BCUT2D eigenvalue weighted by Gasteiger charge is -2.38. The number of hydrogen-bond donors (Lipinski definition) is 0. The lowest BCUT2D eigenvalue weighted by Crippen LogP contribution is -2.53. The Balaban J connectivity index is 2.47. The molecule has 29 heavy (non-hydrogen) atoms. The van der Waals surface area contributed by atoms with Gasteiger partial charge in [-0.1, -0.05) is 39.0 Å². The molecule has 5 nitrogen and oxygen atoms in total. The fraction of sp³-hybridized carbons (Fsp3) is 0.545. The number of amides is 1. The molecular weight excluding hydrogens is 450 g/mol. The number of rotatable bonds is 6. The minimum atomic E-state index is -2.08. The molecule has 1 aromatic carbocycles. The molecule has 1 saturated heterocycles. The predicted molar refractivity (Wildman–Crippen MR) is 121 cm³/mol. The van der Waals surface area contributed by atoms with Crippen LogP contribution in [0.1, 0.15) is 44.0 Å². The van der Waals surface area contributed by atoms with Gasteiger partial charge in [-0.15, -0.1) is 6.58 Å². The Morgan fingerprint density at radius 1 is 1.34 bits per heavy atom. The normalized spacial score (nSPS) is 22.4. The van der Waals surface area contributed by atoms with E-state index in [0.717, 1.165) is 0 Å². The average Bonchev–Trinajstić information content (AvgIpc) is 2.98. The van der Waals surface area contributed by atoms with Crippen molar-refractivity contribution in [1.82, 2.24) is 4.90 Å². The molecule has 1 amide bonds. The highest BCUT2D eigenvalue weighted by Gasteiger charge is 2.55. The van der Waals surface area contributed by atoms with Crippen molar-refractivity contribution >= 4 is 36.1 Å². The molecule has 1 aliphatic heterocycles. The molecule has 0 aliphatic carbocycles. The molecule has 7 heteroatoms. The van der Waals surface area contributed by atoms with E-state index in [-0.39, 0.29) is 17.0 Å². The van der Waals surface area contributed by atoms with Crippen LogP contribution in [0, 0.1) is 0 Å². The van der Waals surface area contributed by atoms with Crippen LogP contribution in [-0.4, -0.2) is 50.4 Å². The van der Waals surface area contributed by atoms with Gasteiger partial charge in [0.25, 0.3) is 5.91 Å². The van der Waals surface area contributed by atoms with Crippen LogP contribution in [0.3, 0.4) is 0 Å². The van der Waals surface area contributed by atoms with Crippen LogP contribution in [-0.2, 0) is 14.0 Å². The van der Waals surface area contributed by atoms with Gasteiger partial charge < -0.3 is 14.1 Å². The van der Waals surface area contributed by atoms with E-state index in [9.17, 15) is 9.59 Å². The van der Waals surface area contributed by atoms with Gasteiger partial charge in [-0.05, 0) is 52.6 Å². The summed E-state index contributed by atoms with van der Waals surface area (Å²) in [5, 5.41) is 0.0270. The molecule has 160 valence electrons. The van der Waals surface area contributed by atoms with Crippen LogP contribution in [0.5, 0.6) is 0 Å². The Morgan fingerprint density at radius 3 is 2.48 bits per heavy atom. The van der Waals surface area contributed by atoms with E-state index < -0.39 is 19.8 Å². The maximum atomic E-state index is 13.5. The van der Waals surface area contributed by atoms with Crippen LogP contribution in [0.15, 0.2) is 41.4 Å². The summed E-state index contributed by atoms with van der Waals surface area (Å²) < 4.78 is 12.4. The van der Waals surface area contributed by atoms with Crippen molar-refractivity contribution in [3.05, 3.63) is 47.0 Å². The molecule has 0 bridgehead atoms. The number of esters is 1. The number of benzene rings is 1. The van der Waals surface area contributed by atoms with Crippen LogP contribution in [0.2, 0.25) is 18.1 Å². The molecular formula is C22H32BrNO4Si. The fourth-order valence-corrected chi connectivity index (χ4v) is 5.36. The first-order valence-electron chi connectivity index (χ1n) is 9.83. The van der Waals surface area contributed by atoms with Crippen molar-refractivity contribution in [3.63, 3.8) is 0 Å². The number of carbonyl (C=O) groups excluding carboxylic acids is 2. The standard InChI is InChI=1S/C22H32BrNO4Si/c1-8-13-22(20(26)27-5)14-16(28-29(6,7)21(2,3)4)15-24(22)19(25)17-11-9-10-12-18(17)23/h8-12,16H,1,13-15H2,2-7H3/t16-,22+/m1/s1. The van der Waals surface area contributed by atoms with E-state index >= 15 is 0 Å². The fourth-order valence-electron chi connectivity index (χ4n) is 3.56. The molecule has 2 rings (SSSR count). The number of methoxy groups -OCH3 is 1. The van der Waals surface area contributed by atoms with Gasteiger partial charge in [0, 0.05) is 17.4 Å². The molecule has 1 aliphatic rings. The Kier molecular flexibility index (Phi) is 7.18.